The summed E-state index contributed by atoms with van der Waals surface area (Å²) in [5.41, 5.74) is 1.26. The number of aliphatic hydroxyl groups is 1. The van der Waals surface area contributed by atoms with Gasteiger partial charge in [0.05, 0.1) is 24.1 Å². The summed E-state index contributed by atoms with van der Waals surface area (Å²) in [6.07, 6.45) is -0.109. The quantitative estimate of drug-likeness (QED) is 0.597. The summed E-state index contributed by atoms with van der Waals surface area (Å²) in [7, 11) is 0. The number of fused-ring (bicyclic) bond motifs is 1. The summed E-state index contributed by atoms with van der Waals surface area (Å²) in [5.74, 6) is -0.759. The van der Waals surface area contributed by atoms with Gasteiger partial charge < -0.3 is 15.2 Å². The maximum absolute atomic E-state index is 12.2. The van der Waals surface area contributed by atoms with Gasteiger partial charge in [0.2, 0.25) is 5.88 Å². The molecule has 0 unspecified atom stereocenters. The van der Waals surface area contributed by atoms with Crippen LogP contribution in [0.5, 0.6) is 5.88 Å². The zero-order chi connectivity index (χ0) is 21.0. The van der Waals surface area contributed by atoms with Crippen LogP contribution in [0.4, 0.5) is 13.2 Å². The monoisotopic (exact) mass is 429 g/mol. The van der Waals surface area contributed by atoms with E-state index in [1.165, 1.54) is 23.1 Å². The second kappa shape index (κ2) is 8.62. The maximum Gasteiger partial charge on any atom is 0.422 e. The predicted molar refractivity (Wildman–Crippen MR) is 96.8 cm³/mol. The lowest BCUT2D eigenvalue weighted by Crippen LogP contribution is -2.27. The number of carbonyl (C=O) groups excluding carboxylic acids is 1. The van der Waals surface area contributed by atoms with Crippen LogP contribution in [0.2, 0.25) is 5.02 Å². The first-order valence-electron chi connectivity index (χ1n) is 8.32. The highest BCUT2D eigenvalue weighted by Gasteiger charge is 2.29. The fourth-order valence-electron chi connectivity index (χ4n) is 2.50. The molecule has 0 bridgehead atoms. The number of rotatable bonds is 7. The van der Waals surface area contributed by atoms with E-state index in [2.05, 4.69) is 25.1 Å². The van der Waals surface area contributed by atoms with Gasteiger partial charge in [-0.1, -0.05) is 11.6 Å². The molecule has 0 aromatic carbocycles. The summed E-state index contributed by atoms with van der Waals surface area (Å²) < 4.78 is 42.8. The zero-order valence-electron chi connectivity index (χ0n) is 14.8. The van der Waals surface area contributed by atoms with E-state index < -0.39 is 18.7 Å². The number of alkyl halides is 3. The normalized spacial score (nSPS) is 11.6. The SMILES string of the molecule is O=C(NCCO)c1nccc2nn(Cc3cnc(OCC(F)(F)F)c(Cl)c3)cc12. The van der Waals surface area contributed by atoms with Gasteiger partial charge in [0.25, 0.3) is 5.91 Å². The average molecular weight is 430 g/mol. The molecule has 1 amide bonds. The molecule has 8 nitrogen and oxygen atoms in total. The molecule has 0 saturated carbocycles. The third kappa shape index (κ3) is 5.33. The van der Waals surface area contributed by atoms with Crippen LogP contribution in [0.25, 0.3) is 10.9 Å². The van der Waals surface area contributed by atoms with Crippen molar-refractivity contribution in [1.29, 1.82) is 0 Å². The number of pyridine rings is 2. The van der Waals surface area contributed by atoms with E-state index >= 15 is 0 Å². The van der Waals surface area contributed by atoms with Crippen LogP contribution in [-0.2, 0) is 6.54 Å². The first kappa shape index (κ1) is 20.8. The third-order valence-electron chi connectivity index (χ3n) is 3.68. The Morgan fingerprint density at radius 1 is 1.34 bits per heavy atom. The number of aliphatic hydroxyl groups excluding tert-OH is 1. The number of halogens is 4. The number of aromatic nitrogens is 4. The third-order valence-corrected chi connectivity index (χ3v) is 3.95. The Bertz CT molecular complexity index is 1030. The second-order valence-electron chi connectivity index (χ2n) is 5.93. The number of nitrogens with one attached hydrogen (secondary N) is 1. The lowest BCUT2D eigenvalue weighted by Gasteiger charge is -2.10. The molecule has 2 N–H and O–H groups in total. The van der Waals surface area contributed by atoms with E-state index in [0.717, 1.165) is 0 Å². The van der Waals surface area contributed by atoms with Crippen molar-refractivity contribution in [3.63, 3.8) is 0 Å². The number of amides is 1. The number of ether oxygens (including phenoxy) is 1. The molecule has 154 valence electrons. The van der Waals surface area contributed by atoms with E-state index in [0.29, 0.717) is 16.5 Å². The van der Waals surface area contributed by atoms with Crippen LogP contribution in [0, 0.1) is 0 Å². The highest BCUT2D eigenvalue weighted by Crippen LogP contribution is 2.25. The summed E-state index contributed by atoms with van der Waals surface area (Å²) in [6, 6.07) is 3.06. The van der Waals surface area contributed by atoms with Gasteiger partial charge in [0, 0.05) is 25.1 Å². The summed E-state index contributed by atoms with van der Waals surface area (Å²) in [5, 5.41) is 16.1. The van der Waals surface area contributed by atoms with Crippen molar-refractivity contribution >= 4 is 28.4 Å². The Labute approximate surface area is 167 Å². The highest BCUT2D eigenvalue weighted by molar-refractivity contribution is 6.31. The van der Waals surface area contributed by atoms with E-state index in [1.807, 2.05) is 0 Å². The average Bonchev–Trinajstić information content (AvgIpc) is 3.07. The Kier molecular flexibility index (Phi) is 6.18. The second-order valence-corrected chi connectivity index (χ2v) is 6.34. The Morgan fingerprint density at radius 2 is 2.14 bits per heavy atom. The largest absolute Gasteiger partial charge is 0.467 e. The maximum atomic E-state index is 12.2. The first-order chi connectivity index (χ1) is 13.8. The lowest BCUT2D eigenvalue weighted by molar-refractivity contribution is -0.154. The molecule has 0 aliphatic carbocycles. The van der Waals surface area contributed by atoms with Crippen molar-refractivity contribution in [2.75, 3.05) is 19.8 Å². The van der Waals surface area contributed by atoms with Crippen LogP contribution in [-0.4, -0.2) is 56.7 Å². The molecule has 0 spiro atoms. The zero-order valence-corrected chi connectivity index (χ0v) is 15.5. The molecule has 0 saturated heterocycles. The molecule has 3 aromatic rings. The molecule has 3 rings (SSSR count). The Balaban J connectivity index is 1.78. The Morgan fingerprint density at radius 3 is 2.83 bits per heavy atom. The van der Waals surface area contributed by atoms with Crippen LogP contribution >= 0.6 is 11.6 Å². The fourth-order valence-corrected chi connectivity index (χ4v) is 2.75. The minimum Gasteiger partial charge on any atom is -0.467 e. The number of nitrogens with zero attached hydrogens (tertiary/aromatic N) is 4. The van der Waals surface area contributed by atoms with Gasteiger partial charge in [-0.25, -0.2) is 4.98 Å². The van der Waals surface area contributed by atoms with Gasteiger partial charge in [0.15, 0.2) is 6.61 Å². The Hall–Kier alpha value is -2.92. The van der Waals surface area contributed by atoms with Gasteiger partial charge >= 0.3 is 6.18 Å². The summed E-state index contributed by atoms with van der Waals surface area (Å²) in [4.78, 5) is 20.0. The predicted octanol–water partition coefficient (Wildman–Crippen LogP) is 2.19. The summed E-state index contributed by atoms with van der Waals surface area (Å²) >= 11 is 5.95. The molecule has 0 atom stereocenters. The van der Waals surface area contributed by atoms with Gasteiger partial charge in [0.1, 0.15) is 10.7 Å². The van der Waals surface area contributed by atoms with E-state index in [4.69, 9.17) is 16.7 Å². The van der Waals surface area contributed by atoms with Crippen molar-refractivity contribution in [1.82, 2.24) is 25.1 Å². The van der Waals surface area contributed by atoms with E-state index in [9.17, 15) is 18.0 Å². The van der Waals surface area contributed by atoms with E-state index in [-0.39, 0.29) is 36.3 Å². The van der Waals surface area contributed by atoms with Crippen LogP contribution < -0.4 is 10.1 Å². The minimum absolute atomic E-state index is 0.0609. The molecule has 3 aromatic heterocycles. The highest BCUT2D eigenvalue weighted by atomic mass is 35.5. The van der Waals surface area contributed by atoms with Crippen molar-refractivity contribution in [3.8, 4) is 5.88 Å². The lowest BCUT2D eigenvalue weighted by atomic mass is 10.2. The molecule has 3 heterocycles. The first-order valence-corrected chi connectivity index (χ1v) is 8.70. The topological polar surface area (TPSA) is 102 Å². The molecule has 29 heavy (non-hydrogen) atoms. The van der Waals surface area contributed by atoms with E-state index in [1.54, 1.807) is 12.3 Å². The van der Waals surface area contributed by atoms with Gasteiger partial charge in [-0.2, -0.15) is 18.3 Å². The summed E-state index contributed by atoms with van der Waals surface area (Å²) in [6.45, 7) is -1.38. The smallest absolute Gasteiger partial charge is 0.422 e. The van der Waals surface area contributed by atoms with Crippen LogP contribution in [0.1, 0.15) is 16.1 Å². The fraction of sp³-hybridized carbons (Fsp3) is 0.294. The molecule has 0 aliphatic heterocycles. The van der Waals surface area contributed by atoms with Crippen molar-refractivity contribution in [3.05, 3.63) is 47.0 Å². The number of carbonyl (C=O) groups is 1. The molecule has 0 radical (unpaired) electrons. The number of hydrogen-bond acceptors (Lipinski definition) is 6. The van der Waals surface area contributed by atoms with Gasteiger partial charge in [-0.3, -0.25) is 14.5 Å². The van der Waals surface area contributed by atoms with Crippen molar-refractivity contribution in [2.45, 2.75) is 12.7 Å². The van der Waals surface area contributed by atoms with Crippen molar-refractivity contribution in [2.24, 2.45) is 0 Å². The molecular formula is C17H15ClF3N5O3. The van der Waals surface area contributed by atoms with Gasteiger partial charge in [-0.15, -0.1) is 0 Å². The van der Waals surface area contributed by atoms with Crippen LogP contribution in [0.15, 0.2) is 30.7 Å². The number of hydrogen-bond donors (Lipinski definition) is 2. The van der Waals surface area contributed by atoms with Crippen molar-refractivity contribution < 1.29 is 27.8 Å². The molecular weight excluding hydrogens is 415 g/mol. The van der Waals surface area contributed by atoms with Gasteiger partial charge in [-0.05, 0) is 17.7 Å². The molecule has 12 heteroatoms. The van der Waals surface area contributed by atoms with Crippen LogP contribution in [0.3, 0.4) is 0 Å². The standard InChI is InChI=1S/C17H15ClF3N5O3/c18-12-5-10(6-24-16(12)29-9-17(19,20)21)7-26-8-11-13(25-26)1-2-22-14(11)15(28)23-3-4-27/h1-2,5-6,8,27H,3-4,7,9H2,(H,23,28). The molecule has 0 fully saturated rings. The molecule has 0 aliphatic rings. The minimum atomic E-state index is -4.49.